The number of hydrogen-bond donors (Lipinski definition) is 0. The molecule has 0 amide bonds. The Hall–Kier alpha value is -1.37. The number of hydrogen-bond acceptors (Lipinski definition) is 0. The maximum Gasteiger partial charge on any atom is 0.207 e. The highest BCUT2D eigenvalue weighted by atomic mass is 15.0. The standard InChI is InChI=1S/C17H24N/c1-11-7-14(4)16(8-12(11)2)17-9-13(3)15(5)10-18(17)6/h7-9,15H,10H2,1-6H3/q+1. The van der Waals surface area contributed by atoms with E-state index in [0.29, 0.717) is 5.92 Å². The van der Waals surface area contributed by atoms with Crippen LogP contribution in [0.1, 0.15) is 36.1 Å². The van der Waals surface area contributed by atoms with E-state index >= 15 is 0 Å². The van der Waals surface area contributed by atoms with Crippen LogP contribution in [-0.4, -0.2) is 23.9 Å². The van der Waals surface area contributed by atoms with Gasteiger partial charge in [0.05, 0.1) is 0 Å². The van der Waals surface area contributed by atoms with Crippen LogP contribution in [-0.2, 0) is 0 Å². The molecule has 1 unspecified atom stereocenters. The van der Waals surface area contributed by atoms with Gasteiger partial charge in [0, 0.05) is 17.6 Å². The van der Waals surface area contributed by atoms with E-state index in [1.807, 2.05) is 0 Å². The first-order valence-corrected chi connectivity index (χ1v) is 6.74. The predicted molar refractivity (Wildman–Crippen MR) is 78.7 cm³/mol. The Morgan fingerprint density at radius 1 is 1.00 bits per heavy atom. The van der Waals surface area contributed by atoms with Gasteiger partial charge in [-0.1, -0.05) is 18.6 Å². The monoisotopic (exact) mass is 242 g/mol. The number of rotatable bonds is 1. The summed E-state index contributed by atoms with van der Waals surface area (Å²) in [5.74, 6) is 0.658. The van der Waals surface area contributed by atoms with E-state index in [1.165, 1.54) is 33.5 Å². The predicted octanol–water partition coefficient (Wildman–Crippen LogP) is 3.64. The third-order valence-electron chi connectivity index (χ3n) is 4.22. The van der Waals surface area contributed by atoms with Gasteiger partial charge in [-0.15, -0.1) is 0 Å². The van der Waals surface area contributed by atoms with E-state index in [2.05, 4.69) is 64.5 Å². The van der Waals surface area contributed by atoms with Crippen LogP contribution in [0.15, 0.2) is 23.8 Å². The summed E-state index contributed by atoms with van der Waals surface area (Å²) in [6.45, 7) is 12.2. The lowest BCUT2D eigenvalue weighted by Crippen LogP contribution is -2.28. The molecule has 0 aliphatic carbocycles. The van der Waals surface area contributed by atoms with E-state index in [4.69, 9.17) is 0 Å². The van der Waals surface area contributed by atoms with Crippen molar-refractivity contribution in [3.8, 4) is 0 Å². The van der Waals surface area contributed by atoms with Crippen molar-refractivity contribution < 1.29 is 4.58 Å². The average Bonchev–Trinajstić information content (AvgIpc) is 2.29. The molecule has 1 aromatic rings. The fraction of sp³-hybridized carbons (Fsp3) is 0.471. The smallest absolute Gasteiger partial charge is 0.207 e. The topological polar surface area (TPSA) is 3.01 Å². The maximum absolute atomic E-state index is 2.38. The van der Waals surface area contributed by atoms with Gasteiger partial charge in [0.2, 0.25) is 5.71 Å². The summed E-state index contributed by atoms with van der Waals surface area (Å²) in [4.78, 5) is 0. The molecular formula is C17H24N+. The fourth-order valence-corrected chi connectivity index (χ4v) is 2.64. The lowest BCUT2D eigenvalue weighted by molar-refractivity contribution is -0.503. The first-order chi connectivity index (χ1) is 8.40. The van der Waals surface area contributed by atoms with Crippen LogP contribution in [0, 0.1) is 26.7 Å². The molecule has 1 nitrogen and oxygen atoms in total. The quantitative estimate of drug-likeness (QED) is 0.661. The number of nitrogens with zero attached hydrogens (tertiary/aromatic N) is 1. The van der Waals surface area contributed by atoms with Crippen LogP contribution in [0.25, 0.3) is 0 Å². The second-order valence-corrected chi connectivity index (χ2v) is 5.81. The summed E-state index contributed by atoms with van der Waals surface area (Å²) >= 11 is 0. The Labute approximate surface area is 111 Å². The van der Waals surface area contributed by atoms with E-state index < -0.39 is 0 Å². The van der Waals surface area contributed by atoms with E-state index in [9.17, 15) is 0 Å². The number of allylic oxidation sites excluding steroid dienone is 1. The molecule has 1 aliphatic heterocycles. The zero-order valence-electron chi connectivity index (χ0n) is 12.5. The Bertz CT molecular complexity index is 547. The lowest BCUT2D eigenvalue weighted by Gasteiger charge is -2.18. The molecule has 0 N–H and O–H groups in total. The molecule has 0 saturated carbocycles. The maximum atomic E-state index is 2.38. The van der Waals surface area contributed by atoms with Gasteiger partial charge < -0.3 is 0 Å². The largest absolute Gasteiger partial charge is 0.231 e. The highest BCUT2D eigenvalue weighted by Gasteiger charge is 2.23. The van der Waals surface area contributed by atoms with Gasteiger partial charge in [-0.05, 0) is 50.5 Å². The molecule has 1 aromatic carbocycles. The van der Waals surface area contributed by atoms with Gasteiger partial charge in [-0.25, -0.2) is 4.58 Å². The molecule has 18 heavy (non-hydrogen) atoms. The summed E-state index contributed by atoms with van der Waals surface area (Å²) in [7, 11) is 2.20. The first-order valence-electron chi connectivity index (χ1n) is 6.74. The van der Waals surface area contributed by atoms with Crippen molar-refractivity contribution >= 4 is 5.71 Å². The van der Waals surface area contributed by atoms with Crippen LogP contribution in [0.3, 0.4) is 0 Å². The van der Waals surface area contributed by atoms with E-state index in [0.717, 1.165) is 6.54 Å². The van der Waals surface area contributed by atoms with Crippen molar-refractivity contribution in [1.82, 2.24) is 0 Å². The molecule has 1 heteroatoms. The van der Waals surface area contributed by atoms with Gasteiger partial charge in [0.15, 0.2) is 0 Å². The molecule has 0 spiro atoms. The summed E-state index contributed by atoms with van der Waals surface area (Å²) < 4.78 is 2.38. The van der Waals surface area contributed by atoms with Crippen LogP contribution in [0.2, 0.25) is 0 Å². The van der Waals surface area contributed by atoms with Crippen LogP contribution in [0.4, 0.5) is 0 Å². The highest BCUT2D eigenvalue weighted by molar-refractivity contribution is 6.07. The van der Waals surface area contributed by atoms with Gasteiger partial charge in [-0.2, -0.15) is 0 Å². The second-order valence-electron chi connectivity index (χ2n) is 5.81. The number of aryl methyl sites for hydroxylation is 3. The summed E-state index contributed by atoms with van der Waals surface area (Å²) in [6, 6.07) is 4.63. The van der Waals surface area contributed by atoms with Crippen molar-refractivity contribution in [3.63, 3.8) is 0 Å². The van der Waals surface area contributed by atoms with Crippen molar-refractivity contribution in [1.29, 1.82) is 0 Å². The van der Waals surface area contributed by atoms with Gasteiger partial charge >= 0.3 is 0 Å². The zero-order chi connectivity index (χ0) is 13.4. The van der Waals surface area contributed by atoms with Gasteiger partial charge in [0.25, 0.3) is 0 Å². The Morgan fingerprint density at radius 2 is 1.61 bits per heavy atom. The Balaban J connectivity index is 2.56. The first kappa shape index (κ1) is 13.1. The van der Waals surface area contributed by atoms with Crippen molar-refractivity contribution in [2.45, 2.75) is 34.6 Å². The minimum absolute atomic E-state index is 0.658. The van der Waals surface area contributed by atoms with Crippen LogP contribution < -0.4 is 0 Å². The highest BCUT2D eigenvalue weighted by Crippen LogP contribution is 2.21. The van der Waals surface area contributed by atoms with Gasteiger partial charge in [0.1, 0.15) is 13.6 Å². The molecular weight excluding hydrogens is 218 g/mol. The average molecular weight is 242 g/mol. The molecule has 0 bridgehead atoms. The van der Waals surface area contributed by atoms with Gasteiger partial charge in [-0.3, -0.25) is 0 Å². The van der Waals surface area contributed by atoms with E-state index in [1.54, 1.807) is 0 Å². The summed E-state index contributed by atoms with van der Waals surface area (Å²) in [5.41, 5.74) is 8.36. The van der Waals surface area contributed by atoms with Crippen molar-refractivity contribution in [2.75, 3.05) is 13.6 Å². The molecule has 96 valence electrons. The summed E-state index contributed by atoms with van der Waals surface area (Å²) in [5, 5.41) is 0. The minimum atomic E-state index is 0.658. The molecule has 0 aromatic heterocycles. The van der Waals surface area contributed by atoms with Crippen LogP contribution in [0.5, 0.6) is 0 Å². The molecule has 1 atom stereocenters. The lowest BCUT2D eigenvalue weighted by atomic mass is 9.91. The Morgan fingerprint density at radius 3 is 2.28 bits per heavy atom. The van der Waals surface area contributed by atoms with Crippen molar-refractivity contribution in [3.05, 3.63) is 46.0 Å². The minimum Gasteiger partial charge on any atom is -0.231 e. The van der Waals surface area contributed by atoms with Crippen LogP contribution >= 0.6 is 0 Å². The number of benzene rings is 1. The third kappa shape index (κ3) is 2.27. The fourth-order valence-electron chi connectivity index (χ4n) is 2.64. The molecule has 1 heterocycles. The van der Waals surface area contributed by atoms with Crippen molar-refractivity contribution in [2.24, 2.45) is 5.92 Å². The molecule has 1 aliphatic rings. The SMILES string of the molecule is CC1=CC(c2cc(C)c(C)cc2C)=[N+](C)CC1C. The normalized spacial score (nSPS) is 20.1. The molecule has 0 fully saturated rings. The molecule has 0 saturated heterocycles. The Kier molecular flexibility index (Phi) is 3.43. The molecule has 2 rings (SSSR count). The zero-order valence-corrected chi connectivity index (χ0v) is 12.5. The second kappa shape index (κ2) is 4.72. The third-order valence-corrected chi connectivity index (χ3v) is 4.22. The summed E-state index contributed by atoms with van der Waals surface area (Å²) in [6.07, 6.45) is 2.35. The van der Waals surface area contributed by atoms with E-state index in [-0.39, 0.29) is 0 Å². The molecule has 0 radical (unpaired) electrons.